The first-order chi connectivity index (χ1) is 22.0. The number of anilines is 3. The van der Waals surface area contributed by atoms with Crippen molar-refractivity contribution in [1.82, 2.24) is 15.0 Å². The lowest BCUT2D eigenvalue weighted by Crippen LogP contribution is -2.30. The molecule has 0 amide bonds. The van der Waals surface area contributed by atoms with E-state index < -0.39 is 0 Å². The quantitative estimate of drug-likeness (QED) is 0.0584. The summed E-state index contributed by atoms with van der Waals surface area (Å²) in [5, 5.41) is 11.6. The number of nitrogens with two attached hydrogens (primary N) is 4. The van der Waals surface area contributed by atoms with Crippen molar-refractivity contribution in [2.45, 2.75) is 25.9 Å². The number of hydrogen-bond donors (Lipinski definition) is 6. The van der Waals surface area contributed by atoms with Gasteiger partial charge in [-0.05, 0) is 45.5 Å². The van der Waals surface area contributed by atoms with Gasteiger partial charge in [0, 0.05) is 39.3 Å². The maximum absolute atomic E-state index is 5.54. The molecule has 0 fully saturated rings. The highest BCUT2D eigenvalue weighted by Gasteiger charge is 2.15. The molecule has 232 valence electrons. The molecule has 0 aliphatic rings. The molecule has 0 atom stereocenters. The first kappa shape index (κ1) is 30.8. The van der Waals surface area contributed by atoms with E-state index in [0.29, 0.717) is 70.0 Å². The second kappa shape index (κ2) is 15.2. The van der Waals surface area contributed by atoms with Gasteiger partial charge in [-0.3, -0.25) is 9.98 Å². The summed E-state index contributed by atoms with van der Waals surface area (Å²) in [5.41, 5.74) is 24.5. The van der Waals surface area contributed by atoms with Gasteiger partial charge in [0.05, 0.1) is 0 Å². The molecular weight excluding hydrogens is 564 g/mol. The van der Waals surface area contributed by atoms with Crippen molar-refractivity contribution in [2.75, 3.05) is 41.7 Å². The molecule has 5 aromatic rings. The van der Waals surface area contributed by atoms with Crippen LogP contribution in [0.25, 0.3) is 21.5 Å². The van der Waals surface area contributed by atoms with Gasteiger partial charge in [-0.25, -0.2) is 0 Å². The molecule has 0 aliphatic carbocycles. The lowest BCUT2D eigenvalue weighted by molar-refractivity contribution is 0.683. The standard InChI is InChI=1S/C33H40N12/c34-29(35)38-17-7-19-45(20-8-18-39-30(36)37)33-43-31(40-21-25-13-5-11-23-9-1-3-15-27(23)25)42-32(44-33)41-22-26-14-6-12-24-10-2-4-16-28(24)26/h1-6,9-16H,7-8,17-22H2,(H4,34,35,38)(H4,36,37,39)(H2,40,41,42,43,44). The van der Waals surface area contributed by atoms with E-state index in [9.17, 15) is 0 Å². The number of nitrogens with one attached hydrogen (secondary N) is 2. The average molecular weight is 605 g/mol. The lowest BCUT2D eigenvalue weighted by atomic mass is 10.0. The fourth-order valence-electron chi connectivity index (χ4n) is 5.16. The van der Waals surface area contributed by atoms with E-state index in [1.54, 1.807) is 0 Å². The topological polar surface area (TPSA) is 195 Å². The molecule has 10 N–H and O–H groups in total. The van der Waals surface area contributed by atoms with Gasteiger partial charge in [-0.2, -0.15) is 15.0 Å². The molecule has 0 spiro atoms. The number of fused-ring (bicyclic) bond motifs is 2. The molecule has 0 saturated carbocycles. The Morgan fingerprint density at radius 3 is 1.49 bits per heavy atom. The SMILES string of the molecule is NC(N)=NCCCN(CCCN=C(N)N)c1nc(NCc2cccc3ccccc23)nc(NCc2cccc3ccccc23)n1. The number of aromatic nitrogens is 3. The number of aliphatic imine (C=N–C) groups is 2. The second-order valence-corrected chi connectivity index (χ2v) is 10.6. The minimum atomic E-state index is 0.0642. The monoisotopic (exact) mass is 604 g/mol. The predicted molar refractivity (Wildman–Crippen MR) is 185 cm³/mol. The molecule has 0 radical (unpaired) electrons. The van der Waals surface area contributed by atoms with Gasteiger partial charge in [0.2, 0.25) is 17.8 Å². The summed E-state index contributed by atoms with van der Waals surface area (Å²) in [7, 11) is 0. The van der Waals surface area contributed by atoms with Crippen LogP contribution in [0, 0.1) is 0 Å². The summed E-state index contributed by atoms with van der Waals surface area (Å²) in [5.74, 6) is 1.59. The Kier molecular flexibility index (Phi) is 10.4. The van der Waals surface area contributed by atoms with E-state index in [0.717, 1.165) is 11.1 Å². The summed E-state index contributed by atoms with van der Waals surface area (Å²) in [6, 6.07) is 29.2. The Morgan fingerprint density at radius 1 is 0.578 bits per heavy atom. The minimum Gasteiger partial charge on any atom is -0.370 e. The predicted octanol–water partition coefficient (Wildman–Crippen LogP) is 3.54. The van der Waals surface area contributed by atoms with Crippen LogP contribution in [0.1, 0.15) is 24.0 Å². The number of benzene rings is 4. The van der Waals surface area contributed by atoms with E-state index >= 15 is 0 Å². The van der Waals surface area contributed by atoms with Gasteiger partial charge in [-0.15, -0.1) is 0 Å². The van der Waals surface area contributed by atoms with Crippen molar-refractivity contribution in [3.05, 3.63) is 96.1 Å². The molecule has 1 heterocycles. The maximum atomic E-state index is 5.54. The summed E-state index contributed by atoms with van der Waals surface area (Å²) >= 11 is 0. The van der Waals surface area contributed by atoms with E-state index in [4.69, 9.17) is 37.9 Å². The first-order valence-corrected chi connectivity index (χ1v) is 15.0. The number of rotatable bonds is 15. The number of guanidine groups is 2. The molecule has 12 heteroatoms. The van der Waals surface area contributed by atoms with Crippen LogP contribution in [0.3, 0.4) is 0 Å². The van der Waals surface area contributed by atoms with Gasteiger partial charge in [-0.1, -0.05) is 84.9 Å². The molecule has 0 unspecified atom stereocenters. The van der Waals surface area contributed by atoms with Gasteiger partial charge in [0.15, 0.2) is 11.9 Å². The van der Waals surface area contributed by atoms with Gasteiger partial charge < -0.3 is 38.5 Å². The van der Waals surface area contributed by atoms with Crippen LogP contribution in [-0.2, 0) is 13.1 Å². The average Bonchev–Trinajstić information content (AvgIpc) is 3.05. The van der Waals surface area contributed by atoms with Crippen molar-refractivity contribution < 1.29 is 0 Å². The zero-order chi connectivity index (χ0) is 31.4. The zero-order valence-electron chi connectivity index (χ0n) is 25.2. The summed E-state index contributed by atoms with van der Waals surface area (Å²) in [4.78, 5) is 24.8. The fourth-order valence-corrected chi connectivity index (χ4v) is 5.16. The van der Waals surface area contributed by atoms with Crippen LogP contribution in [0.4, 0.5) is 17.8 Å². The van der Waals surface area contributed by atoms with Gasteiger partial charge in [0.1, 0.15) is 0 Å². The Hall–Kier alpha value is -5.65. The van der Waals surface area contributed by atoms with Crippen LogP contribution in [0.2, 0.25) is 0 Å². The third kappa shape index (κ3) is 8.69. The van der Waals surface area contributed by atoms with Gasteiger partial charge in [0.25, 0.3) is 0 Å². The zero-order valence-corrected chi connectivity index (χ0v) is 25.2. The van der Waals surface area contributed by atoms with Crippen LogP contribution in [-0.4, -0.2) is 53.1 Å². The molecule has 0 bridgehead atoms. The van der Waals surface area contributed by atoms with Crippen LogP contribution < -0.4 is 38.5 Å². The Balaban J connectivity index is 1.42. The van der Waals surface area contributed by atoms with Crippen molar-refractivity contribution in [1.29, 1.82) is 0 Å². The molecule has 45 heavy (non-hydrogen) atoms. The maximum Gasteiger partial charge on any atom is 0.231 e. The van der Waals surface area contributed by atoms with Crippen molar-refractivity contribution in [2.24, 2.45) is 32.9 Å². The first-order valence-electron chi connectivity index (χ1n) is 15.0. The Morgan fingerprint density at radius 2 is 1.02 bits per heavy atom. The Labute approximate surface area is 262 Å². The molecule has 0 saturated heterocycles. The molecule has 12 nitrogen and oxygen atoms in total. The summed E-state index contributed by atoms with van der Waals surface area (Å²) in [6.45, 7) is 3.29. The fraction of sp³-hybridized carbons (Fsp3) is 0.242. The normalized spacial score (nSPS) is 10.8. The lowest BCUT2D eigenvalue weighted by Gasteiger charge is -2.23. The molecule has 5 rings (SSSR count). The van der Waals surface area contributed by atoms with Crippen molar-refractivity contribution in [3.8, 4) is 0 Å². The smallest absolute Gasteiger partial charge is 0.231 e. The summed E-state index contributed by atoms with van der Waals surface area (Å²) in [6.07, 6.45) is 1.40. The second-order valence-electron chi connectivity index (χ2n) is 10.6. The van der Waals surface area contributed by atoms with E-state index in [2.05, 4.69) is 86.2 Å². The Bertz CT molecular complexity index is 1640. The minimum absolute atomic E-state index is 0.0642. The molecule has 0 aliphatic heterocycles. The largest absolute Gasteiger partial charge is 0.370 e. The van der Waals surface area contributed by atoms with Crippen LogP contribution in [0.5, 0.6) is 0 Å². The van der Waals surface area contributed by atoms with Gasteiger partial charge >= 0.3 is 0 Å². The number of nitrogens with zero attached hydrogens (tertiary/aromatic N) is 6. The summed E-state index contributed by atoms with van der Waals surface area (Å²) < 4.78 is 0. The molecule has 1 aromatic heterocycles. The molecule has 4 aromatic carbocycles. The number of hydrogen-bond acceptors (Lipinski definition) is 8. The van der Waals surface area contributed by atoms with E-state index in [-0.39, 0.29) is 11.9 Å². The third-order valence-corrected chi connectivity index (χ3v) is 7.30. The van der Waals surface area contributed by atoms with E-state index in [1.807, 2.05) is 24.3 Å². The van der Waals surface area contributed by atoms with Crippen molar-refractivity contribution >= 4 is 51.3 Å². The van der Waals surface area contributed by atoms with E-state index in [1.165, 1.54) is 21.5 Å². The highest BCUT2D eigenvalue weighted by atomic mass is 15.3. The highest BCUT2D eigenvalue weighted by molar-refractivity contribution is 5.86. The highest BCUT2D eigenvalue weighted by Crippen LogP contribution is 2.22. The van der Waals surface area contributed by atoms with Crippen LogP contribution in [0.15, 0.2) is 94.9 Å². The third-order valence-electron chi connectivity index (χ3n) is 7.30. The van der Waals surface area contributed by atoms with Crippen molar-refractivity contribution in [3.63, 3.8) is 0 Å². The molecular formula is C33H40N12. The van der Waals surface area contributed by atoms with Crippen LogP contribution >= 0.6 is 0 Å².